The van der Waals surface area contributed by atoms with Gasteiger partial charge in [0.1, 0.15) is 0 Å². The number of carbonyl (C=O) groups is 2. The van der Waals surface area contributed by atoms with Crippen LogP contribution >= 0.6 is 0 Å². The number of nitrogens with one attached hydrogen (secondary N) is 1. The van der Waals surface area contributed by atoms with Gasteiger partial charge in [-0.05, 0) is 18.2 Å². The number of carbonyl (C=O) groups excluding carboxylic acids is 2. The second kappa shape index (κ2) is 6.92. The number of nitrogens with zero attached hydrogens (tertiary/aromatic N) is 4. The van der Waals surface area contributed by atoms with Gasteiger partial charge in [-0.3, -0.25) is 14.5 Å². The van der Waals surface area contributed by atoms with Crippen LogP contribution in [0.3, 0.4) is 0 Å². The number of likely N-dealkylation sites (tertiary alicyclic amines) is 2. The number of hydrogen-bond donors (Lipinski definition) is 1. The third kappa shape index (κ3) is 3.10. The number of hydrogen-bond acceptors (Lipinski definition) is 4. The van der Waals surface area contributed by atoms with Gasteiger partial charge in [0.05, 0.1) is 23.3 Å². The van der Waals surface area contributed by atoms with Gasteiger partial charge < -0.3 is 10.2 Å². The average Bonchev–Trinajstić information content (AvgIpc) is 3.24. The normalized spacial score (nSPS) is 21.0. The largest absolute Gasteiger partial charge is 0.359 e. The van der Waals surface area contributed by atoms with E-state index >= 15 is 0 Å². The third-order valence-corrected chi connectivity index (χ3v) is 5.26. The third-order valence-electron chi connectivity index (χ3n) is 5.26. The van der Waals surface area contributed by atoms with Crippen molar-refractivity contribution in [2.24, 2.45) is 5.92 Å². The van der Waals surface area contributed by atoms with Gasteiger partial charge in [-0.1, -0.05) is 18.2 Å². The van der Waals surface area contributed by atoms with Gasteiger partial charge in [-0.15, -0.1) is 0 Å². The zero-order valence-corrected chi connectivity index (χ0v) is 14.8. The summed E-state index contributed by atoms with van der Waals surface area (Å²) in [6.07, 6.45) is 2.15. The average molecular weight is 353 g/mol. The molecule has 136 valence electrons. The molecule has 4 rings (SSSR count). The van der Waals surface area contributed by atoms with Crippen LogP contribution in [0.25, 0.3) is 5.69 Å². The Labute approximate surface area is 152 Å². The van der Waals surface area contributed by atoms with E-state index in [2.05, 4.69) is 15.3 Å². The lowest BCUT2D eigenvalue weighted by Crippen LogP contribution is -2.59. The quantitative estimate of drug-likeness (QED) is 0.857. The topological polar surface area (TPSA) is 70.5 Å². The molecule has 26 heavy (non-hydrogen) atoms. The highest BCUT2D eigenvalue weighted by atomic mass is 16.2. The number of aromatic nitrogens is 2. The number of amides is 2. The van der Waals surface area contributed by atoms with Gasteiger partial charge in [-0.25, -0.2) is 4.68 Å². The maximum Gasteiger partial charge on any atom is 0.225 e. The lowest BCUT2D eigenvalue weighted by atomic mass is 10.1. The maximum absolute atomic E-state index is 12.2. The van der Waals surface area contributed by atoms with Crippen LogP contribution in [0.4, 0.5) is 0 Å². The molecule has 2 aromatic rings. The minimum Gasteiger partial charge on any atom is -0.359 e. The molecule has 2 aliphatic heterocycles. The molecule has 7 nitrogen and oxygen atoms in total. The van der Waals surface area contributed by atoms with Crippen LogP contribution in [0.15, 0.2) is 42.6 Å². The molecule has 1 atom stereocenters. The molecule has 0 spiro atoms. The molecule has 1 aromatic carbocycles. The molecule has 2 aliphatic rings. The van der Waals surface area contributed by atoms with Crippen molar-refractivity contribution in [3.8, 4) is 5.69 Å². The van der Waals surface area contributed by atoms with E-state index in [1.165, 1.54) is 0 Å². The van der Waals surface area contributed by atoms with E-state index in [0.29, 0.717) is 13.0 Å². The van der Waals surface area contributed by atoms with Crippen molar-refractivity contribution in [2.75, 3.05) is 26.7 Å². The Hall–Kier alpha value is -2.67. The summed E-state index contributed by atoms with van der Waals surface area (Å²) in [5, 5.41) is 7.07. The highest BCUT2D eigenvalue weighted by Gasteiger charge is 2.42. The predicted molar refractivity (Wildman–Crippen MR) is 96.5 cm³/mol. The van der Waals surface area contributed by atoms with E-state index in [9.17, 15) is 9.59 Å². The maximum atomic E-state index is 12.2. The molecule has 2 amide bonds. The summed E-state index contributed by atoms with van der Waals surface area (Å²) in [5.41, 5.74) is 2.18. The van der Waals surface area contributed by atoms with E-state index in [1.54, 1.807) is 7.05 Å². The molecular weight excluding hydrogens is 330 g/mol. The zero-order valence-electron chi connectivity index (χ0n) is 14.8. The molecule has 1 N–H and O–H groups in total. The molecule has 0 bridgehead atoms. The highest BCUT2D eigenvalue weighted by Crippen LogP contribution is 2.26. The monoisotopic (exact) mass is 353 g/mol. The lowest BCUT2D eigenvalue weighted by molar-refractivity contribution is -0.133. The van der Waals surface area contributed by atoms with Gasteiger partial charge in [0.15, 0.2) is 0 Å². The predicted octanol–water partition coefficient (Wildman–Crippen LogP) is 0.651. The second-order valence-corrected chi connectivity index (χ2v) is 6.98. The van der Waals surface area contributed by atoms with Crippen molar-refractivity contribution in [3.05, 3.63) is 48.3 Å². The van der Waals surface area contributed by atoms with E-state index < -0.39 is 0 Å². The second-order valence-electron chi connectivity index (χ2n) is 6.98. The van der Waals surface area contributed by atoms with Crippen molar-refractivity contribution in [1.82, 2.24) is 24.9 Å². The fraction of sp³-hybridized carbons (Fsp3) is 0.421. The molecule has 2 saturated heterocycles. The highest BCUT2D eigenvalue weighted by molar-refractivity contribution is 5.89. The van der Waals surface area contributed by atoms with Crippen LogP contribution in [0, 0.1) is 5.92 Å². The van der Waals surface area contributed by atoms with E-state index in [-0.39, 0.29) is 23.8 Å². The first-order valence-corrected chi connectivity index (χ1v) is 8.97. The summed E-state index contributed by atoms with van der Waals surface area (Å²) in [5.74, 6) is -0.151. The van der Waals surface area contributed by atoms with E-state index in [1.807, 2.05) is 52.2 Å². The van der Waals surface area contributed by atoms with E-state index in [0.717, 1.165) is 31.0 Å². The Balaban J connectivity index is 1.35. The summed E-state index contributed by atoms with van der Waals surface area (Å²) in [6.45, 7) is 3.02. The SMILES string of the molecule is CNC(=O)C1CC(=O)N(C2CN(Cc3ccnn3-c3ccccc3)C2)C1. The Kier molecular flexibility index (Phi) is 4.46. The van der Waals surface area contributed by atoms with Gasteiger partial charge in [0.25, 0.3) is 0 Å². The Morgan fingerprint density at radius 1 is 1.19 bits per heavy atom. The Morgan fingerprint density at radius 2 is 1.96 bits per heavy atom. The van der Waals surface area contributed by atoms with Crippen LogP contribution in [0.2, 0.25) is 0 Å². The molecule has 3 heterocycles. The van der Waals surface area contributed by atoms with Gasteiger partial charge >= 0.3 is 0 Å². The van der Waals surface area contributed by atoms with Crippen LogP contribution < -0.4 is 5.32 Å². The van der Waals surface area contributed by atoms with Crippen molar-refractivity contribution in [3.63, 3.8) is 0 Å². The number of rotatable bonds is 5. The summed E-state index contributed by atoms with van der Waals surface area (Å²) in [6, 6.07) is 12.3. The standard InChI is InChI=1S/C19H23N5O2/c1-20-19(26)14-9-18(25)23(10-14)17-12-22(13-17)11-16-7-8-21-24(16)15-5-3-2-4-6-15/h2-8,14,17H,9-13H2,1H3,(H,20,26). The summed E-state index contributed by atoms with van der Waals surface area (Å²) < 4.78 is 1.95. The fourth-order valence-electron chi connectivity index (χ4n) is 3.81. The van der Waals surface area contributed by atoms with Crippen LogP contribution in [-0.4, -0.2) is 64.1 Å². The van der Waals surface area contributed by atoms with Gasteiger partial charge in [0, 0.05) is 45.8 Å². The Bertz CT molecular complexity index is 797. The van der Waals surface area contributed by atoms with Gasteiger partial charge in [-0.2, -0.15) is 5.10 Å². The smallest absolute Gasteiger partial charge is 0.225 e. The minimum absolute atomic E-state index is 0.0382. The first kappa shape index (κ1) is 16.8. The van der Waals surface area contributed by atoms with Crippen molar-refractivity contribution < 1.29 is 9.59 Å². The van der Waals surface area contributed by atoms with Crippen LogP contribution in [0.5, 0.6) is 0 Å². The zero-order chi connectivity index (χ0) is 18.1. The minimum atomic E-state index is -0.207. The summed E-state index contributed by atoms with van der Waals surface area (Å²) in [4.78, 5) is 28.2. The number of para-hydroxylation sites is 1. The first-order chi connectivity index (χ1) is 12.7. The molecule has 0 saturated carbocycles. The molecule has 2 fully saturated rings. The van der Waals surface area contributed by atoms with Crippen LogP contribution in [0.1, 0.15) is 12.1 Å². The van der Waals surface area contributed by atoms with Crippen molar-refractivity contribution >= 4 is 11.8 Å². The lowest BCUT2D eigenvalue weighted by Gasteiger charge is -2.44. The van der Waals surface area contributed by atoms with Crippen molar-refractivity contribution in [1.29, 1.82) is 0 Å². The molecular formula is C19H23N5O2. The molecule has 0 aliphatic carbocycles. The first-order valence-electron chi connectivity index (χ1n) is 8.97. The van der Waals surface area contributed by atoms with Crippen LogP contribution in [-0.2, 0) is 16.1 Å². The summed E-state index contributed by atoms with van der Waals surface area (Å²) in [7, 11) is 1.62. The molecule has 7 heteroatoms. The Morgan fingerprint density at radius 3 is 2.69 bits per heavy atom. The summed E-state index contributed by atoms with van der Waals surface area (Å²) >= 11 is 0. The molecule has 0 radical (unpaired) electrons. The van der Waals surface area contributed by atoms with Gasteiger partial charge in [0.2, 0.25) is 11.8 Å². The van der Waals surface area contributed by atoms with Crippen molar-refractivity contribution in [2.45, 2.75) is 19.0 Å². The number of benzene rings is 1. The fourth-order valence-corrected chi connectivity index (χ4v) is 3.81. The molecule has 1 aromatic heterocycles. The molecule has 1 unspecified atom stereocenters. The van der Waals surface area contributed by atoms with E-state index in [4.69, 9.17) is 0 Å².